The fourth-order valence-electron chi connectivity index (χ4n) is 6.73. The van der Waals surface area contributed by atoms with Crippen molar-refractivity contribution in [2.75, 3.05) is 19.6 Å². The van der Waals surface area contributed by atoms with Crippen LogP contribution >= 0.6 is 11.6 Å². The van der Waals surface area contributed by atoms with Crippen molar-refractivity contribution in [3.05, 3.63) is 68.7 Å². The number of furan rings is 1. The van der Waals surface area contributed by atoms with Crippen LogP contribution in [0.15, 0.2) is 50.2 Å². The molecule has 204 valence electrons. The van der Waals surface area contributed by atoms with E-state index in [0.717, 1.165) is 39.6 Å². The molecule has 2 saturated heterocycles. The monoisotopic (exact) mass is 546 g/mol. The summed E-state index contributed by atoms with van der Waals surface area (Å²) in [5.41, 5.74) is 5.00. The second-order valence-electron chi connectivity index (χ2n) is 11.2. The molecule has 39 heavy (non-hydrogen) atoms. The van der Waals surface area contributed by atoms with Gasteiger partial charge in [0.15, 0.2) is 0 Å². The van der Waals surface area contributed by atoms with E-state index in [0.29, 0.717) is 40.1 Å². The number of aryl methyl sites for hydroxylation is 2. The van der Waals surface area contributed by atoms with Gasteiger partial charge in [0.1, 0.15) is 11.2 Å². The van der Waals surface area contributed by atoms with Crippen LogP contribution in [-0.4, -0.2) is 36.5 Å². The standard InChI is InChI=1S/C32H35ClN2O4/c1-19-24(12-13-29(36)34-17-22-6-5-15-35-14-4-3-7-28(22)35)32(37)39-31-20(2)30-26(16-25(19)31)27(18-38-30)21-8-10-23(33)11-9-21/h8-11,16,18,22,28H,3-7,12-15,17H2,1-2H3,(H,34,36). The highest BCUT2D eigenvalue weighted by Gasteiger charge is 2.33. The van der Waals surface area contributed by atoms with Gasteiger partial charge in [0, 0.05) is 51.5 Å². The Hall–Kier alpha value is -3.09. The lowest BCUT2D eigenvalue weighted by atomic mass is 9.83. The Kier molecular flexibility index (Phi) is 7.25. The van der Waals surface area contributed by atoms with Gasteiger partial charge in [0.2, 0.25) is 5.91 Å². The number of hydrogen-bond acceptors (Lipinski definition) is 5. The van der Waals surface area contributed by atoms with E-state index in [1.807, 2.05) is 44.2 Å². The summed E-state index contributed by atoms with van der Waals surface area (Å²) in [7, 11) is 0. The van der Waals surface area contributed by atoms with Gasteiger partial charge in [-0.1, -0.05) is 30.2 Å². The minimum atomic E-state index is -0.384. The highest BCUT2D eigenvalue weighted by Crippen LogP contribution is 2.37. The molecule has 2 aliphatic heterocycles. The summed E-state index contributed by atoms with van der Waals surface area (Å²) in [6.45, 7) is 6.96. The van der Waals surface area contributed by atoms with Gasteiger partial charge >= 0.3 is 5.63 Å². The summed E-state index contributed by atoms with van der Waals surface area (Å²) in [6.07, 6.45) is 8.54. The maximum absolute atomic E-state index is 13.0. The van der Waals surface area contributed by atoms with Gasteiger partial charge in [0.05, 0.1) is 6.26 Å². The number of carbonyl (C=O) groups excluding carboxylic acids is 1. The molecule has 4 aromatic rings. The molecule has 2 aromatic heterocycles. The van der Waals surface area contributed by atoms with Gasteiger partial charge in [-0.25, -0.2) is 4.79 Å². The smallest absolute Gasteiger partial charge is 0.339 e. The van der Waals surface area contributed by atoms with Gasteiger partial charge in [-0.3, -0.25) is 4.79 Å². The van der Waals surface area contributed by atoms with E-state index in [4.69, 9.17) is 20.4 Å². The molecule has 0 spiro atoms. The van der Waals surface area contributed by atoms with Crippen molar-refractivity contribution in [1.82, 2.24) is 10.2 Å². The number of nitrogens with one attached hydrogen (secondary N) is 1. The number of carbonyl (C=O) groups is 1. The highest BCUT2D eigenvalue weighted by molar-refractivity contribution is 6.30. The Morgan fingerprint density at radius 2 is 1.82 bits per heavy atom. The molecule has 2 aliphatic rings. The predicted molar refractivity (Wildman–Crippen MR) is 155 cm³/mol. The molecule has 1 N–H and O–H groups in total. The number of halogens is 1. The van der Waals surface area contributed by atoms with Crippen molar-refractivity contribution >= 4 is 39.4 Å². The van der Waals surface area contributed by atoms with Crippen LogP contribution in [-0.2, 0) is 11.2 Å². The average molecular weight is 547 g/mol. The Bertz CT molecular complexity index is 1580. The van der Waals surface area contributed by atoms with E-state index in [-0.39, 0.29) is 18.0 Å². The maximum Gasteiger partial charge on any atom is 0.339 e. The van der Waals surface area contributed by atoms with Crippen molar-refractivity contribution in [3.8, 4) is 11.1 Å². The summed E-state index contributed by atoms with van der Waals surface area (Å²) in [5, 5.41) is 5.66. The lowest BCUT2D eigenvalue weighted by molar-refractivity contribution is -0.121. The lowest BCUT2D eigenvalue weighted by Gasteiger charge is -2.44. The largest absolute Gasteiger partial charge is 0.463 e. The van der Waals surface area contributed by atoms with Crippen LogP contribution in [0.4, 0.5) is 0 Å². The molecule has 2 unspecified atom stereocenters. The maximum atomic E-state index is 13.0. The predicted octanol–water partition coefficient (Wildman–Crippen LogP) is 6.79. The molecular formula is C32H35ClN2O4. The fraction of sp³-hybridized carbons (Fsp3) is 0.438. The van der Waals surface area contributed by atoms with Gasteiger partial charge in [-0.2, -0.15) is 0 Å². The Morgan fingerprint density at radius 3 is 2.64 bits per heavy atom. The number of rotatable bonds is 6. The van der Waals surface area contributed by atoms with Crippen LogP contribution in [0, 0.1) is 19.8 Å². The third kappa shape index (κ3) is 5.01. The molecule has 2 atom stereocenters. The summed E-state index contributed by atoms with van der Waals surface area (Å²) in [4.78, 5) is 28.5. The van der Waals surface area contributed by atoms with E-state index >= 15 is 0 Å². The molecular weight excluding hydrogens is 512 g/mol. The van der Waals surface area contributed by atoms with Crippen molar-refractivity contribution in [2.24, 2.45) is 5.92 Å². The molecule has 1 amide bonds. The Labute approximate surface area is 233 Å². The zero-order chi connectivity index (χ0) is 27.1. The van der Waals surface area contributed by atoms with Crippen LogP contribution in [0.3, 0.4) is 0 Å². The molecule has 6 nitrogen and oxygen atoms in total. The molecule has 4 heterocycles. The summed E-state index contributed by atoms with van der Waals surface area (Å²) < 4.78 is 11.7. The quantitative estimate of drug-likeness (QED) is 0.269. The Balaban J connectivity index is 1.22. The van der Waals surface area contributed by atoms with E-state index in [9.17, 15) is 9.59 Å². The van der Waals surface area contributed by atoms with Crippen LogP contribution in [0.2, 0.25) is 5.02 Å². The molecule has 7 heteroatoms. The molecule has 0 saturated carbocycles. The van der Waals surface area contributed by atoms with Crippen LogP contribution in [0.25, 0.3) is 33.1 Å². The normalized spacial score (nSPS) is 19.9. The molecule has 0 bridgehead atoms. The van der Waals surface area contributed by atoms with Crippen molar-refractivity contribution in [1.29, 1.82) is 0 Å². The first kappa shape index (κ1) is 26.1. The third-order valence-corrected chi connectivity index (χ3v) is 9.14. The lowest BCUT2D eigenvalue weighted by Crippen LogP contribution is -2.51. The van der Waals surface area contributed by atoms with Gasteiger partial charge < -0.3 is 19.1 Å². The first-order valence-corrected chi connectivity index (χ1v) is 14.5. The number of fused-ring (bicyclic) bond motifs is 3. The zero-order valence-electron chi connectivity index (χ0n) is 22.6. The minimum absolute atomic E-state index is 0.00618. The second kappa shape index (κ2) is 10.8. The van der Waals surface area contributed by atoms with Crippen LogP contribution in [0.5, 0.6) is 0 Å². The number of hydrogen-bond donors (Lipinski definition) is 1. The van der Waals surface area contributed by atoms with Gasteiger partial charge in [-0.05, 0) is 94.3 Å². The van der Waals surface area contributed by atoms with E-state index in [1.165, 1.54) is 45.2 Å². The van der Waals surface area contributed by atoms with Crippen LogP contribution in [0.1, 0.15) is 55.2 Å². The zero-order valence-corrected chi connectivity index (χ0v) is 23.4. The van der Waals surface area contributed by atoms with Gasteiger partial charge in [-0.15, -0.1) is 0 Å². The second-order valence-corrected chi connectivity index (χ2v) is 11.6. The van der Waals surface area contributed by atoms with Gasteiger partial charge in [0.25, 0.3) is 0 Å². The average Bonchev–Trinajstić information content (AvgIpc) is 3.37. The number of nitrogens with zero attached hydrogens (tertiary/aromatic N) is 1. The molecule has 0 aliphatic carbocycles. The molecule has 0 radical (unpaired) electrons. The first-order valence-electron chi connectivity index (χ1n) is 14.1. The summed E-state index contributed by atoms with van der Waals surface area (Å²) in [5.74, 6) is 0.513. The molecule has 6 rings (SSSR count). The number of benzene rings is 2. The summed E-state index contributed by atoms with van der Waals surface area (Å²) >= 11 is 6.09. The minimum Gasteiger partial charge on any atom is -0.463 e. The van der Waals surface area contributed by atoms with E-state index in [1.54, 1.807) is 6.26 Å². The molecule has 2 fully saturated rings. The first-order chi connectivity index (χ1) is 18.9. The third-order valence-electron chi connectivity index (χ3n) is 8.89. The summed E-state index contributed by atoms with van der Waals surface area (Å²) in [6, 6.07) is 10.3. The van der Waals surface area contributed by atoms with Crippen LogP contribution < -0.4 is 10.9 Å². The van der Waals surface area contributed by atoms with Crippen molar-refractivity contribution in [2.45, 2.75) is 64.8 Å². The number of amides is 1. The van der Waals surface area contributed by atoms with E-state index in [2.05, 4.69) is 10.2 Å². The Morgan fingerprint density at radius 1 is 1.03 bits per heavy atom. The SMILES string of the molecule is Cc1c(CCC(=O)NCC2CCCN3CCCCC23)c(=O)oc2c(C)c3occ(-c4ccc(Cl)cc4)c3cc12. The van der Waals surface area contributed by atoms with Crippen molar-refractivity contribution in [3.63, 3.8) is 0 Å². The number of piperidine rings is 2. The molecule has 2 aromatic carbocycles. The highest BCUT2D eigenvalue weighted by atomic mass is 35.5. The van der Waals surface area contributed by atoms with E-state index < -0.39 is 0 Å². The topological polar surface area (TPSA) is 75.7 Å². The van der Waals surface area contributed by atoms with Crippen molar-refractivity contribution < 1.29 is 13.6 Å². The fourth-order valence-corrected chi connectivity index (χ4v) is 6.85.